The molecule has 1 heterocycles. The second kappa shape index (κ2) is 4.98. The van der Waals surface area contributed by atoms with Crippen LogP contribution in [0.2, 0.25) is 0 Å². The van der Waals surface area contributed by atoms with Gasteiger partial charge in [0.05, 0.1) is 6.26 Å². The van der Waals surface area contributed by atoms with Gasteiger partial charge in [-0.1, -0.05) is 17.7 Å². The minimum absolute atomic E-state index is 0.212. The second-order valence-electron chi connectivity index (χ2n) is 4.02. The zero-order valence-corrected chi connectivity index (χ0v) is 10.7. The molecular formula is C12H14NO4P. The van der Waals surface area contributed by atoms with Crippen molar-refractivity contribution in [2.45, 2.75) is 12.7 Å². The third-order valence-electron chi connectivity index (χ3n) is 2.50. The fourth-order valence-corrected chi connectivity index (χ4v) is 2.37. The van der Waals surface area contributed by atoms with E-state index in [1.54, 1.807) is 18.2 Å². The summed E-state index contributed by atoms with van der Waals surface area (Å²) in [6.07, 6.45) is 1.38. The van der Waals surface area contributed by atoms with Crippen molar-refractivity contribution >= 4 is 13.3 Å². The van der Waals surface area contributed by atoms with Crippen LogP contribution in [0.25, 0.3) is 0 Å². The molecule has 6 heteroatoms. The monoisotopic (exact) mass is 267 g/mol. The highest BCUT2D eigenvalue weighted by Gasteiger charge is 2.32. The van der Waals surface area contributed by atoms with E-state index in [9.17, 15) is 14.4 Å². The molecule has 96 valence electrons. The Balaban J connectivity index is 2.26. The molecule has 0 bridgehead atoms. The first-order valence-corrected chi connectivity index (χ1v) is 7.07. The molecule has 1 atom stereocenters. The minimum atomic E-state index is -4.35. The SMILES string of the molecule is Cc1ccc(N[C@@H](c2ccco2)P(=O)(O)O)cc1. The van der Waals surface area contributed by atoms with E-state index in [1.807, 2.05) is 19.1 Å². The summed E-state index contributed by atoms with van der Waals surface area (Å²) >= 11 is 0. The van der Waals surface area contributed by atoms with Crippen molar-refractivity contribution < 1.29 is 18.8 Å². The van der Waals surface area contributed by atoms with Crippen LogP contribution in [0.4, 0.5) is 5.69 Å². The van der Waals surface area contributed by atoms with Gasteiger partial charge in [0.15, 0.2) is 5.78 Å². The quantitative estimate of drug-likeness (QED) is 0.742. The Labute approximate surface area is 105 Å². The van der Waals surface area contributed by atoms with E-state index in [0.717, 1.165) is 5.56 Å². The van der Waals surface area contributed by atoms with Gasteiger partial charge in [0.2, 0.25) is 0 Å². The van der Waals surface area contributed by atoms with Crippen molar-refractivity contribution in [3.05, 3.63) is 54.0 Å². The molecule has 5 nitrogen and oxygen atoms in total. The largest absolute Gasteiger partial charge is 0.466 e. The Kier molecular flexibility index (Phi) is 3.57. The lowest BCUT2D eigenvalue weighted by Crippen LogP contribution is -2.10. The lowest BCUT2D eigenvalue weighted by atomic mass is 10.2. The molecule has 0 saturated carbocycles. The molecule has 1 aromatic heterocycles. The predicted octanol–water partition coefficient (Wildman–Crippen LogP) is 2.88. The summed E-state index contributed by atoms with van der Waals surface area (Å²) in [4.78, 5) is 18.7. The van der Waals surface area contributed by atoms with Crippen LogP contribution in [-0.4, -0.2) is 9.79 Å². The number of benzene rings is 1. The summed E-state index contributed by atoms with van der Waals surface area (Å²) in [5.41, 5.74) is 1.71. The minimum Gasteiger partial charge on any atom is -0.466 e. The summed E-state index contributed by atoms with van der Waals surface area (Å²) < 4.78 is 16.5. The lowest BCUT2D eigenvalue weighted by Gasteiger charge is -2.19. The standard InChI is InChI=1S/C12H14NO4P/c1-9-4-6-10(7-5-9)13-12(18(14,15)16)11-3-2-8-17-11/h2-8,12-13H,1H3,(H2,14,15,16)/t12-/m1/s1. The highest BCUT2D eigenvalue weighted by molar-refractivity contribution is 7.52. The summed E-state index contributed by atoms with van der Waals surface area (Å²) in [5.74, 6) is -0.959. The fourth-order valence-electron chi connectivity index (χ4n) is 1.58. The number of anilines is 1. The number of aryl methyl sites for hydroxylation is 1. The molecule has 0 spiro atoms. The van der Waals surface area contributed by atoms with Gasteiger partial charge in [0.1, 0.15) is 5.76 Å². The Morgan fingerprint density at radius 3 is 2.39 bits per heavy atom. The molecule has 18 heavy (non-hydrogen) atoms. The zero-order valence-electron chi connectivity index (χ0n) is 9.78. The van der Waals surface area contributed by atoms with E-state index in [4.69, 9.17) is 4.42 Å². The number of furan rings is 1. The van der Waals surface area contributed by atoms with Crippen molar-refractivity contribution in [1.29, 1.82) is 0 Å². The van der Waals surface area contributed by atoms with Crippen molar-refractivity contribution in [3.8, 4) is 0 Å². The first-order chi connectivity index (χ1) is 8.47. The average molecular weight is 267 g/mol. The molecule has 0 saturated heterocycles. The van der Waals surface area contributed by atoms with Crippen molar-refractivity contribution in [2.75, 3.05) is 5.32 Å². The zero-order chi connectivity index (χ0) is 13.2. The Hall–Kier alpha value is -1.55. The topological polar surface area (TPSA) is 82.7 Å². The van der Waals surface area contributed by atoms with Crippen molar-refractivity contribution in [2.24, 2.45) is 0 Å². The molecule has 0 radical (unpaired) electrons. The van der Waals surface area contributed by atoms with Gasteiger partial charge in [0, 0.05) is 5.69 Å². The van der Waals surface area contributed by atoms with E-state index in [1.165, 1.54) is 12.3 Å². The number of hydrogen-bond donors (Lipinski definition) is 3. The van der Waals surface area contributed by atoms with E-state index < -0.39 is 13.4 Å². The summed E-state index contributed by atoms with van der Waals surface area (Å²) in [7, 11) is -4.35. The number of rotatable bonds is 4. The first kappa shape index (κ1) is 12.9. The summed E-state index contributed by atoms with van der Waals surface area (Å²) in [5, 5.41) is 2.79. The van der Waals surface area contributed by atoms with Crippen LogP contribution < -0.4 is 5.32 Å². The van der Waals surface area contributed by atoms with Gasteiger partial charge >= 0.3 is 7.60 Å². The Morgan fingerprint density at radius 1 is 1.22 bits per heavy atom. The molecule has 0 aliphatic carbocycles. The van der Waals surface area contributed by atoms with Crippen LogP contribution in [-0.2, 0) is 4.57 Å². The molecule has 2 aromatic rings. The molecule has 0 aliphatic rings. The molecule has 0 fully saturated rings. The predicted molar refractivity (Wildman–Crippen MR) is 68.3 cm³/mol. The van der Waals surface area contributed by atoms with Crippen molar-refractivity contribution in [1.82, 2.24) is 0 Å². The molecule has 0 aliphatic heterocycles. The van der Waals surface area contributed by atoms with E-state index in [0.29, 0.717) is 5.69 Å². The average Bonchev–Trinajstić information content (AvgIpc) is 2.80. The Morgan fingerprint density at radius 2 is 1.89 bits per heavy atom. The molecule has 3 N–H and O–H groups in total. The highest BCUT2D eigenvalue weighted by atomic mass is 31.2. The third kappa shape index (κ3) is 3.01. The summed E-state index contributed by atoms with van der Waals surface area (Å²) in [6, 6.07) is 10.4. The van der Waals surface area contributed by atoms with Gasteiger partial charge in [-0.25, -0.2) is 0 Å². The van der Waals surface area contributed by atoms with Gasteiger partial charge < -0.3 is 19.5 Å². The van der Waals surface area contributed by atoms with E-state index >= 15 is 0 Å². The van der Waals surface area contributed by atoms with Crippen LogP contribution in [0.3, 0.4) is 0 Å². The lowest BCUT2D eigenvalue weighted by molar-refractivity contribution is 0.354. The maximum absolute atomic E-state index is 11.5. The first-order valence-electron chi connectivity index (χ1n) is 5.38. The van der Waals surface area contributed by atoms with E-state index in [-0.39, 0.29) is 5.76 Å². The third-order valence-corrected chi connectivity index (χ3v) is 3.56. The van der Waals surface area contributed by atoms with E-state index in [2.05, 4.69) is 5.32 Å². The van der Waals surface area contributed by atoms with Crippen LogP contribution in [0.1, 0.15) is 17.1 Å². The van der Waals surface area contributed by atoms with Crippen molar-refractivity contribution in [3.63, 3.8) is 0 Å². The molecule has 0 unspecified atom stereocenters. The normalized spacial score (nSPS) is 13.3. The van der Waals surface area contributed by atoms with Gasteiger partial charge in [0.25, 0.3) is 0 Å². The second-order valence-corrected chi connectivity index (χ2v) is 5.71. The van der Waals surface area contributed by atoms with Gasteiger partial charge in [-0.2, -0.15) is 0 Å². The van der Waals surface area contributed by atoms with Crippen LogP contribution >= 0.6 is 7.60 Å². The molecule has 1 aromatic carbocycles. The smallest absolute Gasteiger partial charge is 0.355 e. The Bertz CT molecular complexity index is 544. The molecule has 2 rings (SSSR count). The fraction of sp³-hybridized carbons (Fsp3) is 0.167. The molecular weight excluding hydrogens is 253 g/mol. The molecule has 0 amide bonds. The van der Waals surface area contributed by atoms with Gasteiger partial charge in [-0.15, -0.1) is 0 Å². The number of hydrogen-bond acceptors (Lipinski definition) is 3. The van der Waals surface area contributed by atoms with Gasteiger partial charge in [-0.05, 0) is 31.2 Å². The maximum atomic E-state index is 11.5. The summed E-state index contributed by atoms with van der Waals surface area (Å²) in [6.45, 7) is 1.94. The number of nitrogens with one attached hydrogen (secondary N) is 1. The maximum Gasteiger partial charge on any atom is 0.355 e. The van der Waals surface area contributed by atoms with Crippen LogP contribution in [0.15, 0.2) is 47.1 Å². The highest BCUT2D eigenvalue weighted by Crippen LogP contribution is 2.51. The van der Waals surface area contributed by atoms with Crippen LogP contribution in [0, 0.1) is 6.92 Å². The van der Waals surface area contributed by atoms with Crippen LogP contribution in [0.5, 0.6) is 0 Å². The van der Waals surface area contributed by atoms with Gasteiger partial charge in [-0.3, -0.25) is 4.57 Å².